The lowest BCUT2D eigenvalue weighted by atomic mass is 10.0. The molecule has 4 heteroatoms. The molecule has 0 spiro atoms. The Morgan fingerprint density at radius 1 is 1.15 bits per heavy atom. The van der Waals surface area contributed by atoms with Gasteiger partial charge in [0.2, 0.25) is 0 Å². The lowest BCUT2D eigenvalue weighted by Gasteiger charge is -2.16. The van der Waals surface area contributed by atoms with Gasteiger partial charge in [-0.05, 0) is 38.1 Å². The summed E-state index contributed by atoms with van der Waals surface area (Å²) in [6.07, 6.45) is 0. The summed E-state index contributed by atoms with van der Waals surface area (Å²) in [4.78, 5) is 0. The SMILES string of the molecule is CCNC(C)c1ccc(OC)c(COCCOCC)c1. The summed E-state index contributed by atoms with van der Waals surface area (Å²) >= 11 is 0. The summed E-state index contributed by atoms with van der Waals surface area (Å²) in [5.41, 5.74) is 2.32. The van der Waals surface area contributed by atoms with E-state index < -0.39 is 0 Å². The smallest absolute Gasteiger partial charge is 0.124 e. The third-order valence-electron chi connectivity index (χ3n) is 3.15. The molecular formula is C16H27NO3. The molecule has 1 unspecified atom stereocenters. The van der Waals surface area contributed by atoms with Gasteiger partial charge in [-0.1, -0.05) is 13.0 Å². The van der Waals surface area contributed by atoms with E-state index >= 15 is 0 Å². The highest BCUT2D eigenvalue weighted by Crippen LogP contribution is 2.24. The topological polar surface area (TPSA) is 39.7 Å². The molecule has 114 valence electrons. The highest BCUT2D eigenvalue weighted by molar-refractivity contribution is 5.38. The molecule has 1 N–H and O–H groups in total. The molecule has 1 aromatic carbocycles. The van der Waals surface area contributed by atoms with E-state index in [1.165, 1.54) is 5.56 Å². The molecule has 0 bridgehead atoms. The lowest BCUT2D eigenvalue weighted by Crippen LogP contribution is -2.18. The van der Waals surface area contributed by atoms with E-state index in [9.17, 15) is 0 Å². The van der Waals surface area contributed by atoms with E-state index in [0.717, 1.165) is 24.5 Å². The van der Waals surface area contributed by atoms with Crippen molar-refractivity contribution >= 4 is 0 Å². The predicted octanol–water partition coefficient (Wildman–Crippen LogP) is 2.92. The highest BCUT2D eigenvalue weighted by Gasteiger charge is 2.09. The number of ether oxygens (including phenoxy) is 3. The quantitative estimate of drug-likeness (QED) is 0.669. The van der Waals surface area contributed by atoms with Crippen molar-refractivity contribution in [2.24, 2.45) is 0 Å². The van der Waals surface area contributed by atoms with Crippen LogP contribution in [0, 0.1) is 0 Å². The maximum absolute atomic E-state index is 5.63. The van der Waals surface area contributed by atoms with E-state index in [0.29, 0.717) is 25.9 Å². The monoisotopic (exact) mass is 281 g/mol. The van der Waals surface area contributed by atoms with Crippen molar-refractivity contribution in [2.45, 2.75) is 33.4 Å². The molecule has 0 aliphatic carbocycles. The molecule has 0 aliphatic heterocycles. The molecule has 0 radical (unpaired) electrons. The Bertz CT molecular complexity index is 382. The molecule has 1 atom stereocenters. The summed E-state index contributed by atoms with van der Waals surface area (Å²) < 4.78 is 16.3. The van der Waals surface area contributed by atoms with E-state index in [1.807, 2.05) is 13.0 Å². The molecule has 1 aromatic rings. The Hall–Kier alpha value is -1.10. The Kier molecular flexibility index (Phi) is 8.26. The molecule has 0 saturated heterocycles. The van der Waals surface area contributed by atoms with Crippen LogP contribution in [-0.2, 0) is 16.1 Å². The summed E-state index contributed by atoms with van der Waals surface area (Å²) in [5, 5.41) is 3.41. The molecule has 0 amide bonds. The first kappa shape index (κ1) is 17.0. The number of nitrogens with one attached hydrogen (secondary N) is 1. The van der Waals surface area contributed by atoms with Crippen molar-refractivity contribution in [1.29, 1.82) is 0 Å². The van der Waals surface area contributed by atoms with Gasteiger partial charge in [0.05, 0.1) is 26.9 Å². The van der Waals surface area contributed by atoms with Crippen molar-refractivity contribution in [3.8, 4) is 5.75 Å². The summed E-state index contributed by atoms with van der Waals surface area (Å²) in [6.45, 7) is 9.70. The van der Waals surface area contributed by atoms with Crippen LogP contribution < -0.4 is 10.1 Å². The normalized spacial score (nSPS) is 12.4. The summed E-state index contributed by atoms with van der Waals surface area (Å²) in [7, 11) is 1.69. The first-order chi connectivity index (χ1) is 9.72. The van der Waals surface area contributed by atoms with Crippen LogP contribution in [0.5, 0.6) is 5.75 Å². The zero-order chi connectivity index (χ0) is 14.8. The van der Waals surface area contributed by atoms with Crippen LogP contribution in [0.1, 0.15) is 37.9 Å². The first-order valence-electron chi connectivity index (χ1n) is 7.28. The van der Waals surface area contributed by atoms with Gasteiger partial charge in [0.1, 0.15) is 5.75 Å². The molecule has 0 aromatic heterocycles. The van der Waals surface area contributed by atoms with E-state index in [4.69, 9.17) is 14.2 Å². The van der Waals surface area contributed by atoms with Crippen molar-refractivity contribution < 1.29 is 14.2 Å². The molecule has 0 saturated carbocycles. The minimum atomic E-state index is 0.327. The van der Waals surface area contributed by atoms with Gasteiger partial charge in [0.15, 0.2) is 0 Å². The second kappa shape index (κ2) is 9.75. The van der Waals surface area contributed by atoms with Gasteiger partial charge in [-0.15, -0.1) is 0 Å². The average molecular weight is 281 g/mol. The largest absolute Gasteiger partial charge is 0.496 e. The van der Waals surface area contributed by atoms with Crippen LogP contribution in [0.15, 0.2) is 18.2 Å². The predicted molar refractivity (Wildman–Crippen MR) is 81.2 cm³/mol. The standard InChI is InChI=1S/C16H27NO3/c1-5-17-13(3)14-7-8-16(18-4)15(11-14)12-20-10-9-19-6-2/h7-8,11,13,17H,5-6,9-10,12H2,1-4H3. The fraction of sp³-hybridized carbons (Fsp3) is 0.625. The van der Waals surface area contributed by atoms with Crippen LogP contribution in [0.4, 0.5) is 0 Å². The summed E-state index contributed by atoms with van der Waals surface area (Å²) in [5.74, 6) is 0.869. The fourth-order valence-electron chi connectivity index (χ4n) is 2.05. The Morgan fingerprint density at radius 3 is 2.55 bits per heavy atom. The van der Waals surface area contributed by atoms with E-state index in [1.54, 1.807) is 7.11 Å². The third kappa shape index (κ3) is 5.49. The van der Waals surface area contributed by atoms with E-state index in [2.05, 4.69) is 31.3 Å². The van der Waals surface area contributed by atoms with E-state index in [-0.39, 0.29) is 0 Å². The molecule has 0 aliphatic rings. The second-order valence-corrected chi connectivity index (χ2v) is 4.60. The Morgan fingerprint density at radius 2 is 1.90 bits per heavy atom. The van der Waals surface area contributed by atoms with Crippen molar-refractivity contribution in [3.63, 3.8) is 0 Å². The second-order valence-electron chi connectivity index (χ2n) is 4.60. The first-order valence-corrected chi connectivity index (χ1v) is 7.28. The minimum Gasteiger partial charge on any atom is -0.496 e. The van der Waals surface area contributed by atoms with Crippen molar-refractivity contribution in [2.75, 3.05) is 33.5 Å². The molecule has 0 heterocycles. The maximum Gasteiger partial charge on any atom is 0.124 e. The molecule has 4 nitrogen and oxygen atoms in total. The lowest BCUT2D eigenvalue weighted by molar-refractivity contribution is 0.0446. The van der Waals surface area contributed by atoms with Gasteiger partial charge in [0.25, 0.3) is 0 Å². The molecular weight excluding hydrogens is 254 g/mol. The fourth-order valence-corrected chi connectivity index (χ4v) is 2.05. The number of methoxy groups -OCH3 is 1. The minimum absolute atomic E-state index is 0.327. The van der Waals surface area contributed by atoms with Crippen LogP contribution in [0.3, 0.4) is 0 Å². The Labute approximate surface area is 122 Å². The van der Waals surface area contributed by atoms with Gasteiger partial charge >= 0.3 is 0 Å². The number of hydrogen-bond acceptors (Lipinski definition) is 4. The summed E-state index contributed by atoms with van der Waals surface area (Å²) in [6, 6.07) is 6.57. The van der Waals surface area contributed by atoms with Crippen LogP contribution in [0.25, 0.3) is 0 Å². The van der Waals surface area contributed by atoms with Crippen molar-refractivity contribution in [3.05, 3.63) is 29.3 Å². The van der Waals surface area contributed by atoms with Crippen LogP contribution >= 0.6 is 0 Å². The van der Waals surface area contributed by atoms with Gasteiger partial charge in [-0.25, -0.2) is 0 Å². The van der Waals surface area contributed by atoms with Gasteiger partial charge < -0.3 is 19.5 Å². The zero-order valence-electron chi connectivity index (χ0n) is 13.1. The van der Waals surface area contributed by atoms with Gasteiger partial charge in [-0.2, -0.15) is 0 Å². The number of benzene rings is 1. The third-order valence-corrected chi connectivity index (χ3v) is 3.15. The zero-order valence-corrected chi connectivity index (χ0v) is 13.1. The molecule has 0 fully saturated rings. The Balaban J connectivity index is 2.63. The van der Waals surface area contributed by atoms with Crippen LogP contribution in [-0.4, -0.2) is 33.5 Å². The van der Waals surface area contributed by atoms with Gasteiger partial charge in [-0.3, -0.25) is 0 Å². The number of rotatable bonds is 10. The van der Waals surface area contributed by atoms with Crippen molar-refractivity contribution in [1.82, 2.24) is 5.32 Å². The highest BCUT2D eigenvalue weighted by atomic mass is 16.5. The van der Waals surface area contributed by atoms with Gasteiger partial charge in [0, 0.05) is 18.2 Å². The molecule has 1 rings (SSSR count). The molecule has 20 heavy (non-hydrogen) atoms. The number of hydrogen-bond donors (Lipinski definition) is 1. The van der Waals surface area contributed by atoms with Crippen LogP contribution in [0.2, 0.25) is 0 Å². The maximum atomic E-state index is 5.63. The average Bonchev–Trinajstić information content (AvgIpc) is 2.47.